The molecule has 1 amide bonds. The monoisotopic (exact) mass is 285 g/mol. The minimum atomic E-state index is -0.0729. The van der Waals surface area contributed by atoms with Crippen LogP contribution in [0.5, 0.6) is 0 Å². The third-order valence-corrected chi connectivity index (χ3v) is 4.86. The Morgan fingerprint density at radius 2 is 2.24 bits per heavy atom. The van der Waals surface area contributed by atoms with Crippen molar-refractivity contribution in [2.24, 2.45) is 5.92 Å². The molecule has 3 aliphatic heterocycles. The normalized spacial score (nSPS) is 28.0. The fraction of sp³-hybridized carbons (Fsp3) is 0.500. The van der Waals surface area contributed by atoms with E-state index in [0.29, 0.717) is 11.6 Å². The van der Waals surface area contributed by atoms with Crippen molar-refractivity contribution in [1.29, 1.82) is 0 Å². The molecule has 2 aromatic heterocycles. The summed E-state index contributed by atoms with van der Waals surface area (Å²) in [6.45, 7) is 5.30. The summed E-state index contributed by atoms with van der Waals surface area (Å²) in [5.74, 6) is 0.551. The number of furan rings is 1. The number of pyridine rings is 1. The highest BCUT2D eigenvalue weighted by molar-refractivity contribution is 5.96. The molecule has 5 rings (SSSR count). The molecule has 5 nitrogen and oxygen atoms in total. The van der Waals surface area contributed by atoms with Crippen LogP contribution >= 0.6 is 0 Å². The van der Waals surface area contributed by atoms with Gasteiger partial charge in [0.25, 0.3) is 5.91 Å². The minimum absolute atomic E-state index is 0.0729. The van der Waals surface area contributed by atoms with Crippen LogP contribution in [0.15, 0.2) is 22.9 Å². The summed E-state index contributed by atoms with van der Waals surface area (Å²) in [7, 11) is 0. The lowest BCUT2D eigenvalue weighted by molar-refractivity contribution is 0.0618. The highest BCUT2D eigenvalue weighted by Crippen LogP contribution is 2.27. The van der Waals surface area contributed by atoms with E-state index in [4.69, 9.17) is 4.42 Å². The van der Waals surface area contributed by atoms with Crippen molar-refractivity contribution in [1.82, 2.24) is 15.2 Å². The molecule has 3 fully saturated rings. The predicted molar refractivity (Wildman–Crippen MR) is 79.2 cm³/mol. The number of amides is 1. The molecule has 2 aromatic rings. The Morgan fingerprint density at radius 3 is 2.95 bits per heavy atom. The molecule has 0 spiro atoms. The number of carbonyl (C=O) groups excluding carboxylic acids is 1. The maximum absolute atomic E-state index is 12.4. The second-order valence-electron chi connectivity index (χ2n) is 6.20. The number of rotatable bonds is 2. The minimum Gasteiger partial charge on any atom is -0.462 e. The van der Waals surface area contributed by atoms with E-state index in [1.54, 1.807) is 12.5 Å². The van der Waals surface area contributed by atoms with Crippen molar-refractivity contribution in [2.45, 2.75) is 25.8 Å². The molecule has 5 heterocycles. The van der Waals surface area contributed by atoms with Crippen molar-refractivity contribution in [3.63, 3.8) is 0 Å². The molecule has 0 aliphatic carbocycles. The molecule has 3 aliphatic rings. The molecule has 2 bridgehead atoms. The predicted octanol–water partition coefficient (Wildman–Crippen LogP) is 1.96. The van der Waals surface area contributed by atoms with Gasteiger partial charge < -0.3 is 14.6 Å². The highest BCUT2D eigenvalue weighted by Gasteiger charge is 2.35. The number of piperidine rings is 3. The number of aromatic nitrogens is 1. The number of nitrogens with one attached hydrogen (secondary N) is 1. The van der Waals surface area contributed by atoms with Crippen LogP contribution in [0.3, 0.4) is 0 Å². The first-order valence-electron chi connectivity index (χ1n) is 7.58. The van der Waals surface area contributed by atoms with Gasteiger partial charge in [-0.25, -0.2) is 4.98 Å². The zero-order valence-electron chi connectivity index (χ0n) is 12.1. The summed E-state index contributed by atoms with van der Waals surface area (Å²) >= 11 is 0. The number of fused-ring (bicyclic) bond motifs is 4. The Labute approximate surface area is 123 Å². The second-order valence-corrected chi connectivity index (χ2v) is 6.20. The molecular weight excluding hydrogens is 266 g/mol. The van der Waals surface area contributed by atoms with E-state index in [1.165, 1.54) is 25.9 Å². The standard InChI is InChI=1S/C16H19N3O2/c1-10-9-21-15-7-17-13(6-12(10)15)16(20)18-14-8-19-4-2-11(14)3-5-19/h6-7,9,11,14H,2-5,8H2,1H3,(H,18,20). The van der Waals surface area contributed by atoms with Gasteiger partial charge in [0.2, 0.25) is 0 Å². The smallest absolute Gasteiger partial charge is 0.270 e. The average molecular weight is 285 g/mol. The van der Waals surface area contributed by atoms with Gasteiger partial charge in [-0.15, -0.1) is 0 Å². The second kappa shape index (κ2) is 4.84. The Balaban J connectivity index is 1.54. The first kappa shape index (κ1) is 12.8. The lowest BCUT2D eigenvalue weighted by Crippen LogP contribution is -2.57. The molecule has 21 heavy (non-hydrogen) atoms. The van der Waals surface area contributed by atoms with Crippen LogP contribution in [0.2, 0.25) is 0 Å². The van der Waals surface area contributed by atoms with Crippen LogP contribution in [0, 0.1) is 12.8 Å². The third-order valence-electron chi connectivity index (χ3n) is 4.86. The summed E-state index contributed by atoms with van der Waals surface area (Å²) in [5.41, 5.74) is 2.24. The van der Waals surface area contributed by atoms with E-state index in [2.05, 4.69) is 15.2 Å². The van der Waals surface area contributed by atoms with Gasteiger partial charge in [0, 0.05) is 18.0 Å². The van der Waals surface area contributed by atoms with Crippen molar-refractivity contribution in [3.8, 4) is 0 Å². The summed E-state index contributed by atoms with van der Waals surface area (Å²) in [5, 5.41) is 4.13. The van der Waals surface area contributed by atoms with Gasteiger partial charge in [0.1, 0.15) is 5.69 Å². The zero-order chi connectivity index (χ0) is 14.4. The summed E-state index contributed by atoms with van der Waals surface area (Å²) in [6, 6.07) is 2.09. The van der Waals surface area contributed by atoms with Gasteiger partial charge in [-0.05, 0) is 50.4 Å². The Kier molecular flexibility index (Phi) is 2.96. The van der Waals surface area contributed by atoms with E-state index in [9.17, 15) is 4.79 Å². The summed E-state index contributed by atoms with van der Waals surface area (Å²) in [4.78, 5) is 19.1. The summed E-state index contributed by atoms with van der Waals surface area (Å²) in [6.07, 6.45) is 5.71. The largest absolute Gasteiger partial charge is 0.462 e. The lowest BCUT2D eigenvalue weighted by atomic mass is 9.84. The lowest BCUT2D eigenvalue weighted by Gasteiger charge is -2.44. The molecule has 0 saturated carbocycles. The first-order chi connectivity index (χ1) is 10.2. The topological polar surface area (TPSA) is 58.4 Å². The van der Waals surface area contributed by atoms with Gasteiger partial charge in [-0.2, -0.15) is 0 Å². The Morgan fingerprint density at radius 1 is 1.43 bits per heavy atom. The molecule has 0 radical (unpaired) electrons. The van der Waals surface area contributed by atoms with Crippen LogP contribution in [-0.2, 0) is 0 Å². The van der Waals surface area contributed by atoms with E-state index >= 15 is 0 Å². The molecular formula is C16H19N3O2. The fourth-order valence-electron chi connectivity index (χ4n) is 3.56. The van der Waals surface area contributed by atoms with Gasteiger partial charge in [0.05, 0.1) is 12.5 Å². The SMILES string of the molecule is Cc1coc2cnc(C(=O)NC3CN4CCC3CC4)cc12. The number of aryl methyl sites for hydroxylation is 1. The maximum Gasteiger partial charge on any atom is 0.270 e. The fourth-order valence-corrected chi connectivity index (χ4v) is 3.56. The van der Waals surface area contributed by atoms with E-state index < -0.39 is 0 Å². The van der Waals surface area contributed by atoms with Crippen LogP contribution in [0.1, 0.15) is 28.9 Å². The number of hydrogen-bond donors (Lipinski definition) is 1. The third kappa shape index (κ3) is 2.21. The molecule has 0 aromatic carbocycles. The van der Waals surface area contributed by atoms with Crippen molar-refractivity contribution < 1.29 is 9.21 Å². The van der Waals surface area contributed by atoms with Crippen LogP contribution < -0.4 is 5.32 Å². The number of hydrogen-bond acceptors (Lipinski definition) is 4. The quantitative estimate of drug-likeness (QED) is 0.916. The van der Waals surface area contributed by atoms with Gasteiger partial charge in [0.15, 0.2) is 5.58 Å². The zero-order valence-corrected chi connectivity index (χ0v) is 12.1. The van der Waals surface area contributed by atoms with Crippen molar-refractivity contribution in [3.05, 3.63) is 29.8 Å². The Hall–Kier alpha value is -1.88. The maximum atomic E-state index is 12.4. The van der Waals surface area contributed by atoms with Crippen LogP contribution in [0.25, 0.3) is 11.0 Å². The van der Waals surface area contributed by atoms with Gasteiger partial charge >= 0.3 is 0 Å². The molecule has 1 unspecified atom stereocenters. The molecule has 110 valence electrons. The number of carbonyl (C=O) groups is 1. The Bertz CT molecular complexity index is 686. The molecule has 5 heteroatoms. The highest BCUT2D eigenvalue weighted by atomic mass is 16.3. The van der Waals surface area contributed by atoms with Crippen molar-refractivity contribution >= 4 is 16.9 Å². The molecule has 1 atom stereocenters. The molecule has 1 N–H and O–H groups in total. The van der Waals surface area contributed by atoms with Crippen LogP contribution in [0.4, 0.5) is 0 Å². The van der Waals surface area contributed by atoms with E-state index in [1.807, 2.05) is 13.0 Å². The average Bonchev–Trinajstić information content (AvgIpc) is 2.89. The van der Waals surface area contributed by atoms with Crippen LogP contribution in [-0.4, -0.2) is 41.5 Å². The van der Waals surface area contributed by atoms with E-state index in [0.717, 1.165) is 23.1 Å². The molecule has 3 saturated heterocycles. The van der Waals surface area contributed by atoms with E-state index in [-0.39, 0.29) is 11.9 Å². The van der Waals surface area contributed by atoms with Crippen molar-refractivity contribution in [2.75, 3.05) is 19.6 Å². The van der Waals surface area contributed by atoms with Gasteiger partial charge in [-0.1, -0.05) is 0 Å². The van der Waals surface area contributed by atoms with Gasteiger partial charge in [-0.3, -0.25) is 4.79 Å². The summed E-state index contributed by atoms with van der Waals surface area (Å²) < 4.78 is 5.37. The number of nitrogens with zero attached hydrogens (tertiary/aromatic N) is 2. The first-order valence-corrected chi connectivity index (χ1v) is 7.58.